The second-order valence-electron chi connectivity index (χ2n) is 6.16. The van der Waals surface area contributed by atoms with Gasteiger partial charge in [-0.25, -0.2) is 13.1 Å². The van der Waals surface area contributed by atoms with Crippen LogP contribution in [0.4, 0.5) is 0 Å². The van der Waals surface area contributed by atoms with Gasteiger partial charge in [0.15, 0.2) is 0 Å². The number of thiophene rings is 1. The number of hydrogen-bond acceptors (Lipinski definition) is 5. The summed E-state index contributed by atoms with van der Waals surface area (Å²) < 4.78 is 33.8. The van der Waals surface area contributed by atoms with Crippen LogP contribution in [0.1, 0.15) is 38.0 Å². The fourth-order valence-corrected chi connectivity index (χ4v) is 5.26. The van der Waals surface area contributed by atoms with Crippen molar-refractivity contribution in [2.45, 2.75) is 61.5 Å². The van der Waals surface area contributed by atoms with E-state index in [1.54, 1.807) is 6.07 Å². The lowest BCUT2D eigenvalue weighted by Gasteiger charge is -2.28. The SMILES string of the molecule is CC1OCCC1(C)NS(=O)(=O)c1ccc(CNC2CC2)s1. The molecule has 0 bridgehead atoms. The topological polar surface area (TPSA) is 67.4 Å². The van der Waals surface area contributed by atoms with Gasteiger partial charge in [0.05, 0.1) is 11.6 Å². The van der Waals surface area contributed by atoms with Gasteiger partial charge < -0.3 is 10.1 Å². The van der Waals surface area contributed by atoms with E-state index in [2.05, 4.69) is 10.0 Å². The Kier molecular flexibility index (Phi) is 4.13. The second-order valence-corrected chi connectivity index (χ2v) is 9.24. The van der Waals surface area contributed by atoms with Crippen LogP contribution in [0.25, 0.3) is 0 Å². The Morgan fingerprint density at radius 3 is 2.81 bits per heavy atom. The molecular weight excluding hydrogens is 308 g/mol. The highest BCUT2D eigenvalue weighted by Crippen LogP contribution is 2.29. The monoisotopic (exact) mass is 330 g/mol. The Labute approximate surface area is 130 Å². The van der Waals surface area contributed by atoms with Gasteiger partial charge >= 0.3 is 0 Å². The van der Waals surface area contributed by atoms with Crippen molar-refractivity contribution in [2.24, 2.45) is 0 Å². The first-order valence-electron chi connectivity index (χ1n) is 7.37. The molecule has 0 spiro atoms. The lowest BCUT2D eigenvalue weighted by molar-refractivity contribution is 0.0957. The summed E-state index contributed by atoms with van der Waals surface area (Å²) in [6.45, 7) is 5.17. The highest BCUT2D eigenvalue weighted by atomic mass is 32.2. The van der Waals surface area contributed by atoms with Gasteiger partial charge in [0, 0.05) is 24.1 Å². The van der Waals surface area contributed by atoms with E-state index in [4.69, 9.17) is 4.74 Å². The minimum absolute atomic E-state index is 0.108. The van der Waals surface area contributed by atoms with Crippen LogP contribution in [0.5, 0.6) is 0 Å². The molecule has 2 fully saturated rings. The lowest BCUT2D eigenvalue weighted by atomic mass is 9.97. The number of hydrogen-bond donors (Lipinski definition) is 2. The van der Waals surface area contributed by atoms with Gasteiger partial charge in [0.25, 0.3) is 10.0 Å². The fraction of sp³-hybridized carbons (Fsp3) is 0.714. The average Bonchev–Trinajstić information content (AvgIpc) is 3.01. The standard InChI is InChI=1S/C14H22N2O3S2/c1-10-14(2,7-8-19-10)16-21(17,18)13-6-5-12(20-13)9-15-11-3-4-11/h5-6,10-11,15-16H,3-4,7-9H2,1-2H3. The van der Waals surface area contributed by atoms with Crippen molar-refractivity contribution in [2.75, 3.05) is 6.61 Å². The average molecular weight is 330 g/mol. The summed E-state index contributed by atoms with van der Waals surface area (Å²) in [5.41, 5.74) is -0.519. The van der Waals surface area contributed by atoms with Crippen molar-refractivity contribution < 1.29 is 13.2 Å². The Hall–Kier alpha value is -0.470. The molecule has 2 aliphatic rings. The molecule has 0 aromatic carbocycles. The summed E-state index contributed by atoms with van der Waals surface area (Å²) in [5, 5.41) is 3.40. The molecule has 2 unspecified atom stereocenters. The summed E-state index contributed by atoms with van der Waals surface area (Å²) in [6, 6.07) is 4.22. The van der Waals surface area contributed by atoms with Crippen molar-refractivity contribution >= 4 is 21.4 Å². The maximum atomic E-state index is 12.5. The minimum atomic E-state index is -3.48. The lowest BCUT2D eigenvalue weighted by Crippen LogP contribution is -2.50. The molecule has 2 N–H and O–H groups in total. The van der Waals surface area contributed by atoms with Gasteiger partial charge in [0.1, 0.15) is 4.21 Å². The molecule has 1 saturated carbocycles. The first-order valence-corrected chi connectivity index (χ1v) is 9.67. The van der Waals surface area contributed by atoms with E-state index in [0.717, 1.165) is 11.4 Å². The summed E-state index contributed by atoms with van der Waals surface area (Å²) in [6.07, 6.45) is 3.06. The molecule has 5 nitrogen and oxygen atoms in total. The van der Waals surface area contributed by atoms with Gasteiger partial charge in [0.2, 0.25) is 0 Å². The van der Waals surface area contributed by atoms with E-state index in [1.165, 1.54) is 24.2 Å². The Morgan fingerprint density at radius 1 is 1.43 bits per heavy atom. The van der Waals surface area contributed by atoms with Crippen molar-refractivity contribution in [1.29, 1.82) is 0 Å². The maximum absolute atomic E-state index is 12.5. The van der Waals surface area contributed by atoms with Crippen LogP contribution in [-0.2, 0) is 21.3 Å². The third kappa shape index (κ3) is 3.48. The predicted octanol–water partition coefficient (Wildman–Crippen LogP) is 1.85. The minimum Gasteiger partial charge on any atom is -0.376 e. The molecule has 118 valence electrons. The quantitative estimate of drug-likeness (QED) is 0.835. The van der Waals surface area contributed by atoms with Crippen LogP contribution in [0, 0.1) is 0 Å². The van der Waals surface area contributed by atoms with Crippen molar-refractivity contribution in [1.82, 2.24) is 10.0 Å². The zero-order valence-corrected chi connectivity index (χ0v) is 14.0. The van der Waals surface area contributed by atoms with Gasteiger partial charge in [-0.3, -0.25) is 0 Å². The number of ether oxygens (including phenoxy) is 1. The molecule has 1 saturated heterocycles. The van der Waals surface area contributed by atoms with Crippen molar-refractivity contribution in [3.05, 3.63) is 17.0 Å². The van der Waals surface area contributed by atoms with Crippen LogP contribution in [0.2, 0.25) is 0 Å². The Morgan fingerprint density at radius 2 is 2.19 bits per heavy atom. The third-order valence-electron chi connectivity index (χ3n) is 4.30. The Balaban J connectivity index is 1.69. The molecule has 1 aromatic rings. The van der Waals surface area contributed by atoms with Gasteiger partial charge in [-0.2, -0.15) is 0 Å². The number of nitrogens with one attached hydrogen (secondary N) is 2. The maximum Gasteiger partial charge on any atom is 0.250 e. The van der Waals surface area contributed by atoms with Crippen molar-refractivity contribution in [3.63, 3.8) is 0 Å². The summed E-state index contributed by atoms with van der Waals surface area (Å²) >= 11 is 1.34. The van der Waals surface area contributed by atoms with E-state index < -0.39 is 15.6 Å². The second kappa shape index (κ2) is 5.62. The molecule has 0 amide bonds. The van der Waals surface area contributed by atoms with Crippen molar-refractivity contribution in [3.8, 4) is 0 Å². The van der Waals surface area contributed by atoms with Crippen LogP contribution in [0.15, 0.2) is 16.3 Å². The molecule has 0 radical (unpaired) electrons. The molecule has 21 heavy (non-hydrogen) atoms. The largest absolute Gasteiger partial charge is 0.376 e. The Bertz CT molecular complexity index is 609. The fourth-order valence-electron chi connectivity index (χ4n) is 2.46. The van der Waals surface area contributed by atoms with E-state index in [1.807, 2.05) is 19.9 Å². The normalized spacial score (nSPS) is 29.9. The van der Waals surface area contributed by atoms with Crippen LogP contribution in [-0.4, -0.2) is 32.7 Å². The van der Waals surface area contributed by atoms with E-state index >= 15 is 0 Å². The molecule has 2 atom stereocenters. The summed E-state index contributed by atoms with van der Waals surface area (Å²) in [5.74, 6) is 0. The van der Waals surface area contributed by atoms with Gasteiger partial charge in [-0.1, -0.05) is 0 Å². The zero-order chi connectivity index (χ0) is 15.1. The number of sulfonamides is 1. The summed E-state index contributed by atoms with van der Waals surface area (Å²) in [4.78, 5) is 1.06. The first-order chi connectivity index (χ1) is 9.89. The highest BCUT2D eigenvalue weighted by molar-refractivity contribution is 7.91. The van der Waals surface area contributed by atoms with Crippen LogP contribution in [0.3, 0.4) is 0 Å². The molecule has 2 heterocycles. The van der Waals surface area contributed by atoms with Gasteiger partial charge in [-0.15, -0.1) is 11.3 Å². The molecule has 7 heteroatoms. The van der Waals surface area contributed by atoms with E-state index in [-0.39, 0.29) is 6.10 Å². The highest BCUT2D eigenvalue weighted by Gasteiger charge is 2.40. The van der Waals surface area contributed by atoms with E-state index in [0.29, 0.717) is 23.3 Å². The molecule has 1 aliphatic heterocycles. The predicted molar refractivity (Wildman–Crippen MR) is 82.9 cm³/mol. The number of rotatable bonds is 6. The summed E-state index contributed by atoms with van der Waals surface area (Å²) in [7, 11) is -3.48. The molecular formula is C14H22N2O3S2. The zero-order valence-electron chi connectivity index (χ0n) is 12.4. The molecule has 1 aliphatic carbocycles. The van der Waals surface area contributed by atoms with E-state index in [9.17, 15) is 8.42 Å². The smallest absolute Gasteiger partial charge is 0.250 e. The van der Waals surface area contributed by atoms with Gasteiger partial charge in [-0.05, 0) is 45.2 Å². The first kappa shape index (κ1) is 15.4. The van der Waals surface area contributed by atoms with Crippen LogP contribution >= 0.6 is 11.3 Å². The molecule has 3 rings (SSSR count). The molecule has 1 aromatic heterocycles. The van der Waals surface area contributed by atoms with Crippen LogP contribution < -0.4 is 10.0 Å². The third-order valence-corrected chi connectivity index (χ3v) is 7.49.